The molecule has 0 bridgehead atoms. The molecular formula is C15H21FN2O3. The SMILES string of the molecule is CCC(CC)C(C)NC(=O)Nc1cc(F)ccc1C(=O)O. The van der Waals surface area contributed by atoms with Gasteiger partial charge in [-0.25, -0.2) is 14.0 Å². The number of aromatic carboxylic acids is 1. The number of hydrogen-bond donors (Lipinski definition) is 3. The second-order valence-corrected chi connectivity index (χ2v) is 4.96. The number of amides is 2. The van der Waals surface area contributed by atoms with E-state index in [2.05, 4.69) is 10.6 Å². The van der Waals surface area contributed by atoms with E-state index in [0.717, 1.165) is 31.0 Å². The molecule has 1 atom stereocenters. The summed E-state index contributed by atoms with van der Waals surface area (Å²) in [5, 5.41) is 14.2. The van der Waals surface area contributed by atoms with Crippen molar-refractivity contribution in [3.05, 3.63) is 29.6 Å². The molecule has 0 aliphatic heterocycles. The summed E-state index contributed by atoms with van der Waals surface area (Å²) < 4.78 is 13.2. The van der Waals surface area contributed by atoms with Crippen LogP contribution in [0.1, 0.15) is 44.0 Å². The van der Waals surface area contributed by atoms with E-state index in [0.29, 0.717) is 5.92 Å². The number of carbonyl (C=O) groups is 2. The standard InChI is InChI=1S/C15H21FN2O3/c1-4-10(5-2)9(3)17-15(21)18-13-8-11(16)6-7-12(13)14(19)20/h6-10H,4-5H2,1-3H3,(H,19,20)(H2,17,18,21). The lowest BCUT2D eigenvalue weighted by Crippen LogP contribution is -2.40. The Morgan fingerprint density at radius 3 is 2.43 bits per heavy atom. The van der Waals surface area contributed by atoms with Crippen LogP contribution in [-0.4, -0.2) is 23.1 Å². The van der Waals surface area contributed by atoms with Crippen molar-refractivity contribution >= 4 is 17.7 Å². The maximum atomic E-state index is 13.2. The Balaban J connectivity index is 2.79. The molecule has 0 radical (unpaired) electrons. The van der Waals surface area contributed by atoms with Crippen LogP contribution >= 0.6 is 0 Å². The van der Waals surface area contributed by atoms with Gasteiger partial charge < -0.3 is 15.7 Å². The quantitative estimate of drug-likeness (QED) is 0.752. The fourth-order valence-electron chi connectivity index (χ4n) is 2.29. The van der Waals surface area contributed by atoms with Gasteiger partial charge in [0.2, 0.25) is 0 Å². The maximum absolute atomic E-state index is 13.2. The molecule has 6 heteroatoms. The van der Waals surface area contributed by atoms with Gasteiger partial charge >= 0.3 is 12.0 Å². The van der Waals surface area contributed by atoms with Crippen LogP contribution in [0.3, 0.4) is 0 Å². The summed E-state index contributed by atoms with van der Waals surface area (Å²) in [5.41, 5.74) is -0.210. The van der Waals surface area contributed by atoms with Gasteiger partial charge in [0, 0.05) is 6.04 Å². The summed E-state index contributed by atoms with van der Waals surface area (Å²) in [6.45, 7) is 5.97. The Bertz CT molecular complexity index is 516. The smallest absolute Gasteiger partial charge is 0.337 e. The first-order chi connectivity index (χ1) is 9.88. The van der Waals surface area contributed by atoms with Gasteiger partial charge in [-0.1, -0.05) is 26.7 Å². The molecule has 0 saturated heterocycles. The molecule has 0 spiro atoms. The van der Waals surface area contributed by atoms with E-state index < -0.39 is 17.8 Å². The maximum Gasteiger partial charge on any atom is 0.337 e. The molecule has 1 aromatic rings. The average molecular weight is 296 g/mol. The van der Waals surface area contributed by atoms with Gasteiger partial charge in [-0.2, -0.15) is 0 Å². The zero-order valence-electron chi connectivity index (χ0n) is 12.4. The molecule has 5 nitrogen and oxygen atoms in total. The van der Waals surface area contributed by atoms with Crippen molar-refractivity contribution in [1.29, 1.82) is 0 Å². The third-order valence-corrected chi connectivity index (χ3v) is 3.57. The van der Waals surface area contributed by atoms with Crippen LogP contribution < -0.4 is 10.6 Å². The number of hydrogen-bond acceptors (Lipinski definition) is 2. The summed E-state index contributed by atoms with van der Waals surface area (Å²) in [7, 11) is 0. The predicted octanol–water partition coefficient (Wildman–Crippen LogP) is 3.47. The zero-order chi connectivity index (χ0) is 16.0. The molecule has 1 aromatic carbocycles. The highest BCUT2D eigenvalue weighted by Crippen LogP contribution is 2.18. The molecule has 21 heavy (non-hydrogen) atoms. The first-order valence-corrected chi connectivity index (χ1v) is 6.99. The normalized spacial score (nSPS) is 12.0. The van der Waals surface area contributed by atoms with Crippen LogP contribution in [-0.2, 0) is 0 Å². The number of benzene rings is 1. The first-order valence-electron chi connectivity index (χ1n) is 6.99. The Kier molecular flexibility index (Phi) is 6.14. The van der Waals surface area contributed by atoms with Crippen molar-refractivity contribution < 1.29 is 19.1 Å². The lowest BCUT2D eigenvalue weighted by Gasteiger charge is -2.22. The van der Waals surface area contributed by atoms with Crippen LogP contribution in [0.5, 0.6) is 0 Å². The molecule has 1 rings (SSSR count). The zero-order valence-corrected chi connectivity index (χ0v) is 12.4. The molecular weight excluding hydrogens is 275 g/mol. The monoisotopic (exact) mass is 296 g/mol. The number of carbonyl (C=O) groups excluding carboxylic acids is 1. The van der Waals surface area contributed by atoms with Gasteiger partial charge in [-0.15, -0.1) is 0 Å². The Hall–Kier alpha value is -2.11. The van der Waals surface area contributed by atoms with Crippen LogP contribution in [0.2, 0.25) is 0 Å². The van der Waals surface area contributed by atoms with Crippen molar-refractivity contribution in [1.82, 2.24) is 5.32 Å². The van der Waals surface area contributed by atoms with Gasteiger partial charge in [0.15, 0.2) is 0 Å². The van der Waals surface area contributed by atoms with Crippen molar-refractivity contribution in [2.75, 3.05) is 5.32 Å². The molecule has 116 valence electrons. The van der Waals surface area contributed by atoms with Gasteiger partial charge in [-0.3, -0.25) is 0 Å². The fraction of sp³-hybridized carbons (Fsp3) is 0.467. The minimum absolute atomic E-state index is 0.0539. The molecule has 0 saturated carbocycles. The Morgan fingerprint density at radius 2 is 1.90 bits per heavy atom. The summed E-state index contributed by atoms with van der Waals surface area (Å²) in [5.74, 6) is -1.50. The molecule has 0 aliphatic rings. The highest BCUT2D eigenvalue weighted by Gasteiger charge is 2.18. The largest absolute Gasteiger partial charge is 0.478 e. The number of carboxylic acids is 1. The topological polar surface area (TPSA) is 78.4 Å². The number of carboxylic acid groups (broad SMARTS) is 1. The minimum Gasteiger partial charge on any atom is -0.478 e. The summed E-state index contributed by atoms with van der Waals surface area (Å²) in [6.07, 6.45) is 1.86. The Morgan fingerprint density at radius 1 is 1.29 bits per heavy atom. The summed E-state index contributed by atoms with van der Waals surface area (Å²) in [6, 6.07) is 2.56. The number of anilines is 1. The van der Waals surface area contributed by atoms with E-state index in [-0.39, 0.29) is 17.3 Å². The van der Waals surface area contributed by atoms with E-state index in [1.165, 1.54) is 0 Å². The molecule has 0 aromatic heterocycles. The third kappa shape index (κ3) is 4.73. The Labute approximate surface area is 123 Å². The van der Waals surface area contributed by atoms with Crippen molar-refractivity contribution in [3.63, 3.8) is 0 Å². The van der Waals surface area contributed by atoms with E-state index in [4.69, 9.17) is 5.11 Å². The third-order valence-electron chi connectivity index (χ3n) is 3.57. The highest BCUT2D eigenvalue weighted by atomic mass is 19.1. The van der Waals surface area contributed by atoms with Crippen molar-refractivity contribution in [2.24, 2.45) is 5.92 Å². The van der Waals surface area contributed by atoms with Crippen LogP contribution in [0.4, 0.5) is 14.9 Å². The average Bonchev–Trinajstić information content (AvgIpc) is 2.39. The molecule has 3 N–H and O–H groups in total. The fourth-order valence-corrected chi connectivity index (χ4v) is 2.29. The number of halogens is 1. The van der Waals surface area contributed by atoms with E-state index in [1.54, 1.807) is 0 Å². The van der Waals surface area contributed by atoms with Crippen LogP contribution in [0.25, 0.3) is 0 Å². The van der Waals surface area contributed by atoms with Crippen molar-refractivity contribution in [2.45, 2.75) is 39.7 Å². The number of rotatable bonds is 6. The van der Waals surface area contributed by atoms with Crippen LogP contribution in [0.15, 0.2) is 18.2 Å². The van der Waals surface area contributed by atoms with Gasteiger partial charge in [0.05, 0.1) is 11.3 Å². The molecule has 0 fully saturated rings. The van der Waals surface area contributed by atoms with Gasteiger partial charge in [0.25, 0.3) is 0 Å². The van der Waals surface area contributed by atoms with E-state index in [1.807, 2.05) is 20.8 Å². The van der Waals surface area contributed by atoms with Gasteiger partial charge in [0.1, 0.15) is 5.82 Å². The van der Waals surface area contributed by atoms with Crippen molar-refractivity contribution in [3.8, 4) is 0 Å². The lowest BCUT2D eigenvalue weighted by molar-refractivity contribution is 0.0698. The summed E-state index contributed by atoms with van der Waals surface area (Å²) >= 11 is 0. The highest BCUT2D eigenvalue weighted by molar-refractivity contribution is 6.00. The molecule has 2 amide bonds. The first kappa shape index (κ1) is 16.9. The lowest BCUT2D eigenvalue weighted by atomic mass is 9.96. The van der Waals surface area contributed by atoms with Crippen LogP contribution in [0, 0.1) is 11.7 Å². The molecule has 0 heterocycles. The number of urea groups is 1. The second-order valence-electron chi connectivity index (χ2n) is 4.96. The second kappa shape index (κ2) is 7.61. The predicted molar refractivity (Wildman–Crippen MR) is 79.0 cm³/mol. The molecule has 0 aliphatic carbocycles. The summed E-state index contributed by atoms with van der Waals surface area (Å²) in [4.78, 5) is 23.0. The molecule has 1 unspecified atom stereocenters. The minimum atomic E-state index is -1.22. The number of nitrogens with one attached hydrogen (secondary N) is 2. The van der Waals surface area contributed by atoms with E-state index >= 15 is 0 Å². The van der Waals surface area contributed by atoms with E-state index in [9.17, 15) is 14.0 Å². The van der Waals surface area contributed by atoms with Gasteiger partial charge in [-0.05, 0) is 31.0 Å².